The first-order valence-electron chi connectivity index (χ1n) is 6.57. The summed E-state index contributed by atoms with van der Waals surface area (Å²) in [7, 11) is 1.67. The number of hydrogen-bond donors (Lipinski definition) is 1. The molecule has 0 bridgehead atoms. The van der Waals surface area contributed by atoms with Crippen LogP contribution in [-0.2, 0) is 13.1 Å². The zero-order valence-electron chi connectivity index (χ0n) is 11.4. The number of ether oxygens (including phenoxy) is 1. The van der Waals surface area contributed by atoms with Gasteiger partial charge in [-0.25, -0.2) is 4.98 Å². The minimum atomic E-state index is 0.484. The van der Waals surface area contributed by atoms with Gasteiger partial charge in [-0.1, -0.05) is 24.3 Å². The van der Waals surface area contributed by atoms with Gasteiger partial charge in [0.2, 0.25) is 0 Å². The second-order valence-electron chi connectivity index (χ2n) is 4.71. The van der Waals surface area contributed by atoms with Crippen molar-refractivity contribution >= 4 is 11.0 Å². The molecule has 0 saturated heterocycles. The number of imidazole rings is 1. The smallest absolute Gasteiger partial charge is 0.123 e. The van der Waals surface area contributed by atoms with Crippen molar-refractivity contribution in [3.63, 3.8) is 0 Å². The fourth-order valence-electron chi connectivity index (χ4n) is 2.39. The van der Waals surface area contributed by atoms with Crippen molar-refractivity contribution in [3.8, 4) is 5.75 Å². The molecule has 0 aliphatic carbocycles. The molecule has 3 aromatic rings. The van der Waals surface area contributed by atoms with Crippen molar-refractivity contribution in [2.45, 2.75) is 13.1 Å². The van der Waals surface area contributed by atoms with Crippen molar-refractivity contribution < 1.29 is 4.74 Å². The van der Waals surface area contributed by atoms with E-state index < -0.39 is 0 Å². The Morgan fingerprint density at radius 3 is 2.85 bits per heavy atom. The van der Waals surface area contributed by atoms with E-state index in [4.69, 9.17) is 10.5 Å². The van der Waals surface area contributed by atoms with E-state index >= 15 is 0 Å². The van der Waals surface area contributed by atoms with E-state index in [-0.39, 0.29) is 0 Å². The summed E-state index contributed by atoms with van der Waals surface area (Å²) in [6, 6.07) is 14.3. The van der Waals surface area contributed by atoms with Gasteiger partial charge in [0.15, 0.2) is 0 Å². The second-order valence-corrected chi connectivity index (χ2v) is 4.71. The SMILES string of the molecule is COc1cc(Cn2cnc3ccccc32)ccc1CN. The molecule has 4 heteroatoms. The summed E-state index contributed by atoms with van der Waals surface area (Å²) in [5.41, 5.74) is 10.0. The van der Waals surface area contributed by atoms with E-state index in [2.05, 4.69) is 21.7 Å². The molecular formula is C16H17N3O. The van der Waals surface area contributed by atoms with Gasteiger partial charge in [-0.3, -0.25) is 0 Å². The van der Waals surface area contributed by atoms with Crippen LogP contribution in [0.4, 0.5) is 0 Å². The predicted molar refractivity (Wildman–Crippen MR) is 79.7 cm³/mol. The molecular weight excluding hydrogens is 250 g/mol. The summed E-state index contributed by atoms with van der Waals surface area (Å²) in [5.74, 6) is 0.842. The topological polar surface area (TPSA) is 53.1 Å². The van der Waals surface area contributed by atoms with Crippen molar-refractivity contribution in [1.29, 1.82) is 0 Å². The number of aromatic nitrogens is 2. The minimum Gasteiger partial charge on any atom is -0.496 e. The van der Waals surface area contributed by atoms with E-state index in [0.29, 0.717) is 6.54 Å². The average molecular weight is 267 g/mol. The Bertz CT molecular complexity index is 733. The molecule has 2 aromatic carbocycles. The third kappa shape index (κ3) is 2.26. The lowest BCUT2D eigenvalue weighted by Crippen LogP contribution is -2.03. The van der Waals surface area contributed by atoms with Gasteiger partial charge in [-0.2, -0.15) is 0 Å². The zero-order chi connectivity index (χ0) is 13.9. The maximum atomic E-state index is 5.69. The third-order valence-corrected chi connectivity index (χ3v) is 3.45. The quantitative estimate of drug-likeness (QED) is 0.790. The summed E-state index contributed by atoms with van der Waals surface area (Å²) in [4.78, 5) is 4.40. The predicted octanol–water partition coefficient (Wildman–Crippen LogP) is 2.55. The molecule has 102 valence electrons. The standard InChI is InChI=1S/C16H17N3O/c1-20-16-8-12(6-7-13(16)9-17)10-19-11-18-14-4-2-3-5-15(14)19/h2-8,11H,9-10,17H2,1H3. The van der Waals surface area contributed by atoms with Gasteiger partial charge >= 0.3 is 0 Å². The van der Waals surface area contributed by atoms with Gasteiger partial charge < -0.3 is 15.0 Å². The molecule has 1 aromatic heterocycles. The molecule has 0 atom stereocenters. The van der Waals surface area contributed by atoms with Crippen LogP contribution in [0.25, 0.3) is 11.0 Å². The number of para-hydroxylation sites is 2. The van der Waals surface area contributed by atoms with Crippen LogP contribution in [0.15, 0.2) is 48.8 Å². The fourth-order valence-corrected chi connectivity index (χ4v) is 2.39. The molecule has 0 fully saturated rings. The summed E-state index contributed by atoms with van der Waals surface area (Å²) in [6.07, 6.45) is 1.87. The average Bonchev–Trinajstić information content (AvgIpc) is 2.90. The van der Waals surface area contributed by atoms with Crippen LogP contribution < -0.4 is 10.5 Å². The van der Waals surface area contributed by atoms with Crippen LogP contribution in [0.5, 0.6) is 5.75 Å². The Balaban J connectivity index is 1.95. The first-order valence-corrected chi connectivity index (χ1v) is 6.57. The zero-order valence-corrected chi connectivity index (χ0v) is 11.4. The number of nitrogens with zero attached hydrogens (tertiary/aromatic N) is 2. The highest BCUT2D eigenvalue weighted by molar-refractivity contribution is 5.75. The first-order chi connectivity index (χ1) is 9.81. The van der Waals surface area contributed by atoms with E-state index in [9.17, 15) is 0 Å². The maximum Gasteiger partial charge on any atom is 0.123 e. The molecule has 1 heterocycles. The highest BCUT2D eigenvalue weighted by Gasteiger charge is 2.06. The summed E-state index contributed by atoms with van der Waals surface area (Å²) < 4.78 is 7.51. The summed E-state index contributed by atoms with van der Waals surface area (Å²) in [6.45, 7) is 1.25. The van der Waals surface area contributed by atoms with Crippen molar-refractivity contribution in [2.75, 3.05) is 7.11 Å². The molecule has 0 radical (unpaired) electrons. The normalized spacial score (nSPS) is 10.9. The van der Waals surface area contributed by atoms with Crippen LogP contribution in [0.3, 0.4) is 0 Å². The van der Waals surface area contributed by atoms with E-state index in [1.54, 1.807) is 7.11 Å². The highest BCUT2D eigenvalue weighted by atomic mass is 16.5. The molecule has 4 nitrogen and oxygen atoms in total. The lowest BCUT2D eigenvalue weighted by Gasteiger charge is -2.10. The Morgan fingerprint density at radius 2 is 2.05 bits per heavy atom. The number of hydrogen-bond acceptors (Lipinski definition) is 3. The number of benzene rings is 2. The van der Waals surface area contributed by atoms with Crippen LogP contribution in [-0.4, -0.2) is 16.7 Å². The Labute approximate surface area is 117 Å². The van der Waals surface area contributed by atoms with Gasteiger partial charge in [-0.15, -0.1) is 0 Å². The Morgan fingerprint density at radius 1 is 1.20 bits per heavy atom. The van der Waals surface area contributed by atoms with Crippen molar-refractivity contribution in [1.82, 2.24) is 9.55 Å². The molecule has 2 N–H and O–H groups in total. The van der Waals surface area contributed by atoms with Gasteiger partial charge in [0.25, 0.3) is 0 Å². The van der Waals surface area contributed by atoms with Crippen LogP contribution in [0, 0.1) is 0 Å². The summed E-state index contributed by atoms with van der Waals surface area (Å²) >= 11 is 0. The fraction of sp³-hybridized carbons (Fsp3) is 0.188. The highest BCUT2D eigenvalue weighted by Crippen LogP contribution is 2.21. The van der Waals surface area contributed by atoms with Crippen LogP contribution >= 0.6 is 0 Å². The maximum absolute atomic E-state index is 5.69. The molecule has 3 rings (SSSR count). The minimum absolute atomic E-state index is 0.484. The molecule has 0 amide bonds. The van der Waals surface area contributed by atoms with E-state index in [0.717, 1.165) is 28.9 Å². The molecule has 0 saturated carbocycles. The lowest BCUT2D eigenvalue weighted by atomic mass is 10.1. The largest absolute Gasteiger partial charge is 0.496 e. The first kappa shape index (κ1) is 12.7. The van der Waals surface area contributed by atoms with E-state index in [1.807, 2.05) is 36.7 Å². The molecule has 20 heavy (non-hydrogen) atoms. The van der Waals surface area contributed by atoms with Crippen LogP contribution in [0.2, 0.25) is 0 Å². The number of rotatable bonds is 4. The van der Waals surface area contributed by atoms with Gasteiger partial charge in [0.1, 0.15) is 5.75 Å². The van der Waals surface area contributed by atoms with Gasteiger partial charge in [0, 0.05) is 18.7 Å². The van der Waals surface area contributed by atoms with Gasteiger partial charge in [0.05, 0.1) is 24.5 Å². The molecule has 0 aliphatic heterocycles. The van der Waals surface area contributed by atoms with Crippen molar-refractivity contribution in [2.24, 2.45) is 5.73 Å². The Hall–Kier alpha value is -2.33. The molecule has 0 unspecified atom stereocenters. The summed E-state index contributed by atoms with van der Waals surface area (Å²) in [5, 5.41) is 0. The lowest BCUT2D eigenvalue weighted by molar-refractivity contribution is 0.409. The van der Waals surface area contributed by atoms with Gasteiger partial charge in [-0.05, 0) is 23.8 Å². The van der Waals surface area contributed by atoms with E-state index in [1.165, 1.54) is 5.56 Å². The molecule has 0 aliphatic rings. The Kier molecular flexibility index (Phi) is 3.39. The monoisotopic (exact) mass is 267 g/mol. The van der Waals surface area contributed by atoms with Crippen LogP contribution in [0.1, 0.15) is 11.1 Å². The number of fused-ring (bicyclic) bond motifs is 1. The second kappa shape index (κ2) is 5.35. The number of methoxy groups -OCH3 is 1. The molecule has 0 spiro atoms. The number of nitrogens with two attached hydrogens (primary N) is 1. The van der Waals surface area contributed by atoms with Crippen molar-refractivity contribution in [3.05, 3.63) is 59.9 Å². The third-order valence-electron chi connectivity index (χ3n) is 3.45.